The molecule has 3 aromatic carbocycles. The third-order valence-corrected chi connectivity index (χ3v) is 9.31. The lowest BCUT2D eigenvalue weighted by atomic mass is 9.54. The molecule has 1 heterocycles. The molecule has 3 amide bonds. The van der Waals surface area contributed by atoms with Gasteiger partial charge in [0.05, 0.1) is 11.8 Å². The van der Waals surface area contributed by atoms with Crippen LogP contribution >= 0.6 is 23.2 Å². The van der Waals surface area contributed by atoms with Crippen LogP contribution in [-0.4, -0.2) is 28.7 Å². The van der Waals surface area contributed by atoms with Crippen molar-refractivity contribution in [2.24, 2.45) is 11.8 Å². The number of hydrogen-bond acceptors (Lipinski definition) is 3. The largest absolute Gasteiger partial charge is 0.324 e. The molecule has 1 saturated heterocycles. The molecule has 1 fully saturated rings. The van der Waals surface area contributed by atoms with Crippen molar-refractivity contribution in [2.45, 2.75) is 36.6 Å². The van der Waals surface area contributed by atoms with Crippen LogP contribution in [0, 0.1) is 25.7 Å². The number of carbonyl (C=O) groups excluding carboxylic acids is 3. The van der Waals surface area contributed by atoms with Crippen molar-refractivity contribution in [1.82, 2.24) is 4.90 Å². The molecular formula is C29H24Cl2N2O3. The van der Waals surface area contributed by atoms with Crippen molar-refractivity contribution in [3.63, 3.8) is 0 Å². The molecule has 1 aliphatic heterocycles. The van der Waals surface area contributed by atoms with E-state index in [4.69, 9.17) is 23.2 Å². The zero-order valence-corrected chi connectivity index (χ0v) is 21.5. The van der Waals surface area contributed by atoms with Gasteiger partial charge in [0.1, 0.15) is 15.8 Å². The Kier molecular flexibility index (Phi) is 4.96. The first-order chi connectivity index (χ1) is 17.1. The standard InChI is InChI=1S/C29H24Cl2N2O3/c1-15-12-13-22(16(2)14-15)32-25(34)17(3)33-26(35)23-24(27(33)36)29(31)19-9-5-4-8-18(19)28(23,30)20-10-6-7-11-21(20)29/h4-14,17,23-24H,1-3H3,(H,32,34)/t17-,23-,24-,28?,29?/m0/s1. The first-order valence-corrected chi connectivity index (χ1v) is 12.7. The van der Waals surface area contributed by atoms with E-state index >= 15 is 0 Å². The summed E-state index contributed by atoms with van der Waals surface area (Å²) in [5, 5.41) is 2.88. The van der Waals surface area contributed by atoms with Gasteiger partial charge >= 0.3 is 0 Å². The van der Waals surface area contributed by atoms with Crippen LogP contribution in [0.15, 0.2) is 66.7 Å². The molecule has 0 aromatic heterocycles. The number of hydrogen-bond donors (Lipinski definition) is 1. The number of imide groups is 1. The molecule has 7 rings (SSSR count). The number of alkyl halides is 2. The van der Waals surface area contributed by atoms with Crippen LogP contribution in [0.1, 0.15) is 40.3 Å². The molecule has 0 radical (unpaired) electrons. The van der Waals surface area contributed by atoms with Gasteiger partial charge in [0.15, 0.2) is 0 Å². The fourth-order valence-electron chi connectivity index (χ4n) is 6.38. The van der Waals surface area contributed by atoms with Gasteiger partial charge in [0.2, 0.25) is 17.7 Å². The molecule has 3 aromatic rings. The highest BCUT2D eigenvalue weighted by Crippen LogP contribution is 2.69. The number of aryl methyl sites for hydroxylation is 2. The normalized spacial score (nSPS) is 28.4. The molecule has 3 aliphatic carbocycles. The van der Waals surface area contributed by atoms with Gasteiger partial charge in [-0.15, -0.1) is 23.2 Å². The Balaban J connectivity index is 1.44. The lowest BCUT2D eigenvalue weighted by molar-refractivity contribution is -0.146. The fraction of sp³-hybridized carbons (Fsp3) is 0.276. The molecule has 182 valence electrons. The maximum Gasteiger partial charge on any atom is 0.247 e. The molecule has 3 atom stereocenters. The molecule has 5 nitrogen and oxygen atoms in total. The van der Waals surface area contributed by atoms with Crippen LogP contribution in [0.5, 0.6) is 0 Å². The second-order valence-corrected chi connectivity index (χ2v) is 11.2. The van der Waals surface area contributed by atoms with E-state index in [9.17, 15) is 14.4 Å². The summed E-state index contributed by atoms with van der Waals surface area (Å²) in [6, 6.07) is 19.6. The van der Waals surface area contributed by atoms with Crippen molar-refractivity contribution >= 4 is 46.6 Å². The first kappa shape index (κ1) is 23.3. The van der Waals surface area contributed by atoms with E-state index < -0.39 is 45.3 Å². The average Bonchev–Trinajstić information content (AvgIpc) is 3.14. The number of likely N-dealkylation sites (tertiary alicyclic amines) is 1. The fourth-order valence-corrected chi connectivity index (χ4v) is 7.48. The number of amides is 3. The van der Waals surface area contributed by atoms with Crippen LogP contribution in [0.4, 0.5) is 5.69 Å². The van der Waals surface area contributed by atoms with Gasteiger partial charge in [-0.05, 0) is 54.7 Å². The summed E-state index contributed by atoms with van der Waals surface area (Å²) >= 11 is 14.9. The van der Waals surface area contributed by atoms with Gasteiger partial charge in [0.25, 0.3) is 0 Å². The van der Waals surface area contributed by atoms with Gasteiger partial charge < -0.3 is 5.32 Å². The molecule has 0 saturated carbocycles. The van der Waals surface area contributed by atoms with Gasteiger partial charge in [-0.2, -0.15) is 0 Å². The molecule has 2 bridgehead atoms. The Morgan fingerprint density at radius 2 is 1.28 bits per heavy atom. The van der Waals surface area contributed by atoms with Crippen molar-refractivity contribution in [2.75, 3.05) is 5.32 Å². The Morgan fingerprint density at radius 3 is 1.69 bits per heavy atom. The van der Waals surface area contributed by atoms with E-state index in [0.717, 1.165) is 38.3 Å². The van der Waals surface area contributed by atoms with E-state index in [1.807, 2.05) is 80.6 Å². The van der Waals surface area contributed by atoms with Gasteiger partial charge in [-0.3, -0.25) is 19.3 Å². The van der Waals surface area contributed by atoms with Crippen LogP contribution < -0.4 is 5.32 Å². The number of nitrogens with one attached hydrogen (secondary N) is 1. The minimum Gasteiger partial charge on any atom is -0.324 e. The van der Waals surface area contributed by atoms with Gasteiger partial charge in [-0.25, -0.2) is 0 Å². The third kappa shape index (κ3) is 2.76. The third-order valence-electron chi connectivity index (χ3n) is 8.03. The summed E-state index contributed by atoms with van der Waals surface area (Å²) in [7, 11) is 0. The lowest BCUT2D eigenvalue weighted by Gasteiger charge is -2.54. The zero-order chi connectivity index (χ0) is 25.6. The van der Waals surface area contributed by atoms with E-state index in [1.54, 1.807) is 6.92 Å². The summed E-state index contributed by atoms with van der Waals surface area (Å²) in [6.45, 7) is 5.43. The van der Waals surface area contributed by atoms with E-state index in [2.05, 4.69) is 5.32 Å². The quantitative estimate of drug-likeness (QED) is 0.381. The number of carbonyl (C=O) groups is 3. The number of benzene rings is 3. The second-order valence-electron chi connectivity index (χ2n) is 10.0. The van der Waals surface area contributed by atoms with Gasteiger partial charge in [0, 0.05) is 5.69 Å². The van der Waals surface area contributed by atoms with Crippen molar-refractivity contribution in [3.8, 4) is 0 Å². The lowest BCUT2D eigenvalue weighted by Crippen LogP contribution is -2.57. The number of anilines is 1. The smallest absolute Gasteiger partial charge is 0.247 e. The molecule has 7 heteroatoms. The summed E-state index contributed by atoms with van der Waals surface area (Å²) in [5.74, 6) is -3.25. The predicted octanol–water partition coefficient (Wildman–Crippen LogP) is 5.22. The van der Waals surface area contributed by atoms with Crippen molar-refractivity contribution in [1.29, 1.82) is 0 Å². The van der Waals surface area contributed by atoms with E-state index in [-0.39, 0.29) is 0 Å². The van der Waals surface area contributed by atoms with E-state index in [0.29, 0.717) is 5.69 Å². The highest BCUT2D eigenvalue weighted by molar-refractivity contribution is 6.36. The summed E-state index contributed by atoms with van der Waals surface area (Å²) < 4.78 is 0. The summed E-state index contributed by atoms with van der Waals surface area (Å²) in [5.41, 5.74) is 5.54. The Bertz CT molecular complexity index is 1360. The monoisotopic (exact) mass is 518 g/mol. The number of halogens is 2. The van der Waals surface area contributed by atoms with Crippen LogP contribution in [0.3, 0.4) is 0 Å². The first-order valence-electron chi connectivity index (χ1n) is 11.9. The molecule has 0 spiro atoms. The maximum absolute atomic E-state index is 14.0. The van der Waals surface area contributed by atoms with Crippen LogP contribution in [-0.2, 0) is 24.1 Å². The topological polar surface area (TPSA) is 66.5 Å². The molecule has 36 heavy (non-hydrogen) atoms. The van der Waals surface area contributed by atoms with Crippen molar-refractivity contribution in [3.05, 3.63) is 100 Å². The number of nitrogens with zero attached hydrogens (tertiary/aromatic N) is 1. The zero-order valence-electron chi connectivity index (χ0n) is 20.0. The van der Waals surface area contributed by atoms with Crippen LogP contribution in [0.2, 0.25) is 0 Å². The predicted molar refractivity (Wildman–Crippen MR) is 139 cm³/mol. The highest BCUT2D eigenvalue weighted by Gasteiger charge is 2.73. The summed E-state index contributed by atoms with van der Waals surface area (Å²) in [6.07, 6.45) is 0. The van der Waals surface area contributed by atoms with E-state index in [1.165, 1.54) is 0 Å². The molecular weight excluding hydrogens is 495 g/mol. The molecule has 1 N–H and O–H groups in total. The SMILES string of the molecule is Cc1ccc(NC(=O)[C@H](C)N2C(=O)[C@@H]3[C@@H](C2=O)C2(Cl)c4ccccc4C3(Cl)c3ccccc32)c(C)c1. The minimum absolute atomic E-state index is 0.447. The highest BCUT2D eigenvalue weighted by atomic mass is 35.5. The minimum atomic E-state index is -1.26. The van der Waals surface area contributed by atoms with Gasteiger partial charge in [-0.1, -0.05) is 66.2 Å². The number of rotatable bonds is 3. The Morgan fingerprint density at radius 1 is 0.833 bits per heavy atom. The Hall–Kier alpha value is -3.15. The summed E-state index contributed by atoms with van der Waals surface area (Å²) in [4.78, 5) is 39.8. The molecule has 0 unspecified atom stereocenters. The average molecular weight is 519 g/mol. The molecule has 4 aliphatic rings. The maximum atomic E-state index is 14.0. The Labute approximate surface area is 219 Å². The second kappa shape index (κ2) is 7.67. The van der Waals surface area contributed by atoms with Crippen molar-refractivity contribution < 1.29 is 14.4 Å². The van der Waals surface area contributed by atoms with Crippen LogP contribution in [0.25, 0.3) is 0 Å².